The van der Waals surface area contributed by atoms with E-state index in [1.165, 1.54) is 4.88 Å². The SMILES string of the molecule is BrCCc1cnc(Br)s1. The number of rotatable bonds is 2. The molecule has 0 unspecified atom stereocenters. The Kier molecular flexibility index (Phi) is 3.15. The summed E-state index contributed by atoms with van der Waals surface area (Å²) in [7, 11) is 0. The maximum atomic E-state index is 4.05. The average molecular weight is 271 g/mol. The van der Waals surface area contributed by atoms with Gasteiger partial charge in [0.05, 0.1) is 0 Å². The molecule has 0 spiro atoms. The highest BCUT2D eigenvalue weighted by molar-refractivity contribution is 9.11. The van der Waals surface area contributed by atoms with Crippen LogP contribution in [0.5, 0.6) is 0 Å². The normalized spacial score (nSPS) is 10.0. The molecule has 0 N–H and O–H groups in total. The van der Waals surface area contributed by atoms with Crippen LogP contribution in [-0.2, 0) is 6.42 Å². The molecule has 0 amide bonds. The molecule has 0 atom stereocenters. The van der Waals surface area contributed by atoms with E-state index >= 15 is 0 Å². The lowest BCUT2D eigenvalue weighted by molar-refractivity contribution is 1.19. The van der Waals surface area contributed by atoms with Gasteiger partial charge in [-0.25, -0.2) is 4.98 Å². The number of nitrogens with zero attached hydrogens (tertiary/aromatic N) is 1. The standard InChI is InChI=1S/C5H5Br2NS/c6-2-1-4-3-8-5(7)9-4/h3H,1-2H2. The molecular weight excluding hydrogens is 266 g/mol. The van der Waals surface area contributed by atoms with Crippen LogP contribution in [-0.4, -0.2) is 10.3 Å². The second kappa shape index (κ2) is 3.68. The van der Waals surface area contributed by atoms with Crippen molar-refractivity contribution in [3.8, 4) is 0 Å². The fourth-order valence-corrected chi connectivity index (χ4v) is 2.54. The van der Waals surface area contributed by atoms with E-state index in [0.29, 0.717) is 0 Å². The highest BCUT2D eigenvalue weighted by Gasteiger charge is 1.95. The molecule has 0 bridgehead atoms. The molecule has 0 aliphatic rings. The number of hydrogen-bond donors (Lipinski definition) is 0. The van der Waals surface area contributed by atoms with Crippen molar-refractivity contribution in [1.29, 1.82) is 0 Å². The molecule has 1 aromatic rings. The van der Waals surface area contributed by atoms with Gasteiger partial charge in [-0.2, -0.15) is 0 Å². The number of thiazole rings is 1. The molecule has 4 heteroatoms. The summed E-state index contributed by atoms with van der Waals surface area (Å²) in [6, 6.07) is 0. The maximum absolute atomic E-state index is 4.05. The number of aromatic nitrogens is 1. The van der Waals surface area contributed by atoms with Crippen molar-refractivity contribution in [3.05, 3.63) is 15.0 Å². The summed E-state index contributed by atoms with van der Waals surface area (Å²) in [5, 5.41) is 1.02. The number of hydrogen-bond acceptors (Lipinski definition) is 2. The minimum absolute atomic E-state index is 0.971. The highest BCUT2D eigenvalue weighted by Crippen LogP contribution is 2.18. The lowest BCUT2D eigenvalue weighted by Crippen LogP contribution is -1.76. The number of halogens is 2. The molecule has 9 heavy (non-hydrogen) atoms. The highest BCUT2D eigenvalue weighted by atomic mass is 79.9. The van der Waals surface area contributed by atoms with Gasteiger partial charge in [0.2, 0.25) is 0 Å². The lowest BCUT2D eigenvalue weighted by Gasteiger charge is -1.83. The van der Waals surface area contributed by atoms with Gasteiger partial charge in [0.25, 0.3) is 0 Å². The van der Waals surface area contributed by atoms with E-state index in [-0.39, 0.29) is 0 Å². The molecule has 1 rings (SSSR count). The van der Waals surface area contributed by atoms with Crippen LogP contribution in [0.3, 0.4) is 0 Å². The molecule has 1 nitrogen and oxygen atoms in total. The molecule has 0 aromatic carbocycles. The van der Waals surface area contributed by atoms with Gasteiger partial charge >= 0.3 is 0 Å². The predicted molar refractivity (Wildman–Crippen MR) is 47.3 cm³/mol. The van der Waals surface area contributed by atoms with Crippen molar-refractivity contribution in [1.82, 2.24) is 4.98 Å². The molecular formula is C5H5Br2NS. The van der Waals surface area contributed by atoms with Crippen LogP contribution >= 0.6 is 43.2 Å². The molecule has 0 saturated carbocycles. The van der Waals surface area contributed by atoms with Gasteiger partial charge in [-0.1, -0.05) is 15.9 Å². The Hall–Kier alpha value is 0.590. The summed E-state index contributed by atoms with van der Waals surface area (Å²) in [6.45, 7) is 0. The third-order valence-corrected chi connectivity index (χ3v) is 2.80. The third-order valence-electron chi connectivity index (χ3n) is 0.866. The van der Waals surface area contributed by atoms with Crippen molar-refractivity contribution in [3.63, 3.8) is 0 Å². The molecule has 0 saturated heterocycles. The maximum Gasteiger partial charge on any atom is 0.159 e. The van der Waals surface area contributed by atoms with Crippen LogP contribution in [0.4, 0.5) is 0 Å². The molecule has 1 heterocycles. The van der Waals surface area contributed by atoms with Crippen molar-refractivity contribution in [2.24, 2.45) is 0 Å². The van der Waals surface area contributed by atoms with Crippen LogP contribution in [0.2, 0.25) is 0 Å². The quantitative estimate of drug-likeness (QED) is 0.754. The smallest absolute Gasteiger partial charge is 0.159 e. The Morgan fingerprint density at radius 2 is 2.44 bits per heavy atom. The second-order valence-electron chi connectivity index (χ2n) is 1.52. The zero-order valence-corrected chi connectivity index (χ0v) is 8.59. The van der Waals surface area contributed by atoms with E-state index in [2.05, 4.69) is 36.8 Å². The minimum Gasteiger partial charge on any atom is -0.237 e. The first kappa shape index (κ1) is 7.69. The zero-order valence-electron chi connectivity index (χ0n) is 4.60. The predicted octanol–water partition coefficient (Wildman–Crippen LogP) is 2.84. The zero-order chi connectivity index (χ0) is 6.69. The second-order valence-corrected chi connectivity index (χ2v) is 4.70. The van der Waals surface area contributed by atoms with Gasteiger partial charge in [-0.05, 0) is 22.4 Å². The monoisotopic (exact) mass is 269 g/mol. The van der Waals surface area contributed by atoms with E-state index in [9.17, 15) is 0 Å². The Morgan fingerprint density at radius 1 is 1.67 bits per heavy atom. The van der Waals surface area contributed by atoms with Gasteiger partial charge in [-0.15, -0.1) is 11.3 Å². The largest absolute Gasteiger partial charge is 0.237 e. The summed E-state index contributed by atoms with van der Waals surface area (Å²) in [5.41, 5.74) is 0. The number of aryl methyl sites for hydroxylation is 1. The van der Waals surface area contributed by atoms with E-state index in [1.807, 2.05) is 6.20 Å². The van der Waals surface area contributed by atoms with Crippen molar-refractivity contribution < 1.29 is 0 Å². The Balaban J connectivity index is 2.61. The molecule has 0 radical (unpaired) electrons. The van der Waals surface area contributed by atoms with Gasteiger partial charge < -0.3 is 0 Å². The van der Waals surface area contributed by atoms with E-state index in [0.717, 1.165) is 15.7 Å². The van der Waals surface area contributed by atoms with Crippen LogP contribution in [0.25, 0.3) is 0 Å². The van der Waals surface area contributed by atoms with E-state index in [1.54, 1.807) is 11.3 Å². The molecule has 0 fully saturated rings. The fraction of sp³-hybridized carbons (Fsp3) is 0.400. The van der Waals surface area contributed by atoms with E-state index < -0.39 is 0 Å². The summed E-state index contributed by atoms with van der Waals surface area (Å²) < 4.78 is 0.971. The lowest BCUT2D eigenvalue weighted by atomic mass is 10.4. The molecule has 50 valence electrons. The van der Waals surface area contributed by atoms with Gasteiger partial charge in [0.15, 0.2) is 3.92 Å². The van der Waals surface area contributed by atoms with Gasteiger partial charge in [-0.3, -0.25) is 0 Å². The topological polar surface area (TPSA) is 12.9 Å². The van der Waals surface area contributed by atoms with E-state index in [4.69, 9.17) is 0 Å². The van der Waals surface area contributed by atoms with Gasteiger partial charge in [0.1, 0.15) is 0 Å². The molecule has 0 aliphatic carbocycles. The Labute approximate surface area is 74.8 Å². The van der Waals surface area contributed by atoms with Crippen molar-refractivity contribution >= 4 is 43.2 Å². The molecule has 0 aliphatic heterocycles. The summed E-state index contributed by atoms with van der Waals surface area (Å²) in [5.74, 6) is 0. The first-order valence-corrected chi connectivity index (χ1v) is 5.22. The van der Waals surface area contributed by atoms with Crippen LogP contribution in [0.15, 0.2) is 10.1 Å². The fourth-order valence-electron chi connectivity index (χ4n) is 0.492. The van der Waals surface area contributed by atoms with Crippen LogP contribution < -0.4 is 0 Å². The van der Waals surface area contributed by atoms with Crippen LogP contribution in [0, 0.1) is 0 Å². The average Bonchev–Trinajstić information content (AvgIpc) is 2.17. The Morgan fingerprint density at radius 3 is 2.89 bits per heavy atom. The number of alkyl halides is 1. The summed E-state index contributed by atoms with van der Waals surface area (Å²) in [4.78, 5) is 5.37. The van der Waals surface area contributed by atoms with Crippen LogP contribution in [0.1, 0.15) is 4.88 Å². The third kappa shape index (κ3) is 2.35. The molecule has 1 aromatic heterocycles. The summed E-state index contributed by atoms with van der Waals surface area (Å²) in [6.07, 6.45) is 2.97. The first-order chi connectivity index (χ1) is 4.33. The van der Waals surface area contributed by atoms with Crippen molar-refractivity contribution in [2.45, 2.75) is 6.42 Å². The Bertz CT molecular complexity index is 187. The minimum atomic E-state index is 0.971. The van der Waals surface area contributed by atoms with Crippen molar-refractivity contribution in [2.75, 3.05) is 5.33 Å². The first-order valence-electron chi connectivity index (χ1n) is 2.49. The van der Waals surface area contributed by atoms with Gasteiger partial charge in [0, 0.05) is 16.4 Å². The summed E-state index contributed by atoms with van der Waals surface area (Å²) >= 11 is 8.34.